The molecule has 3 rings (SSSR count). The summed E-state index contributed by atoms with van der Waals surface area (Å²) in [6, 6.07) is 5.07. The maximum Gasteiger partial charge on any atom is 0.227 e. The molecule has 2 fully saturated rings. The number of benzene rings is 1. The van der Waals surface area contributed by atoms with Crippen molar-refractivity contribution >= 4 is 40.8 Å². The first-order valence-corrected chi connectivity index (χ1v) is 9.82. The standard InChI is InChI=1S/C19H23Cl2N3O3/c1-13(25)23-6-7-24(15(11-23)10-22-5-4-16(26)12-22)19(27)9-14-2-3-17(20)18(21)8-14/h2-3,8,15H,4-7,9-12H2,1H3. The second-order valence-electron chi connectivity index (χ2n) is 7.16. The smallest absolute Gasteiger partial charge is 0.227 e. The molecule has 2 aliphatic heterocycles. The number of carbonyl (C=O) groups is 3. The summed E-state index contributed by atoms with van der Waals surface area (Å²) in [7, 11) is 0. The first-order valence-electron chi connectivity index (χ1n) is 9.06. The van der Waals surface area contributed by atoms with Crippen molar-refractivity contribution in [1.82, 2.24) is 14.7 Å². The van der Waals surface area contributed by atoms with Gasteiger partial charge in [-0.1, -0.05) is 29.3 Å². The van der Waals surface area contributed by atoms with Crippen LogP contribution in [0.5, 0.6) is 0 Å². The molecule has 0 aliphatic carbocycles. The van der Waals surface area contributed by atoms with Crippen LogP contribution in [0.1, 0.15) is 18.9 Å². The molecule has 0 bridgehead atoms. The van der Waals surface area contributed by atoms with Crippen LogP contribution >= 0.6 is 23.2 Å². The number of ketones is 1. The molecule has 2 amide bonds. The fourth-order valence-electron chi connectivity index (χ4n) is 3.70. The van der Waals surface area contributed by atoms with Crippen LogP contribution in [0.25, 0.3) is 0 Å². The lowest BCUT2D eigenvalue weighted by molar-refractivity contribution is -0.142. The fourth-order valence-corrected chi connectivity index (χ4v) is 4.02. The average Bonchev–Trinajstić information content (AvgIpc) is 3.02. The molecular weight excluding hydrogens is 389 g/mol. The van der Waals surface area contributed by atoms with Gasteiger partial charge in [-0.3, -0.25) is 19.3 Å². The number of rotatable bonds is 4. The second-order valence-corrected chi connectivity index (χ2v) is 7.97. The average molecular weight is 412 g/mol. The van der Waals surface area contributed by atoms with E-state index in [-0.39, 0.29) is 30.1 Å². The Morgan fingerprint density at radius 2 is 1.93 bits per heavy atom. The van der Waals surface area contributed by atoms with Crippen molar-refractivity contribution in [3.63, 3.8) is 0 Å². The Hall–Kier alpha value is -1.63. The lowest BCUT2D eigenvalue weighted by atomic mass is 10.1. The quantitative estimate of drug-likeness (QED) is 0.758. The summed E-state index contributed by atoms with van der Waals surface area (Å²) in [4.78, 5) is 42.0. The molecular formula is C19H23Cl2N3O3. The molecule has 0 aromatic heterocycles. The minimum atomic E-state index is -0.121. The number of nitrogens with zero attached hydrogens (tertiary/aromatic N) is 3. The largest absolute Gasteiger partial charge is 0.339 e. The van der Waals surface area contributed by atoms with E-state index in [4.69, 9.17) is 23.2 Å². The van der Waals surface area contributed by atoms with Gasteiger partial charge in [0.1, 0.15) is 5.78 Å². The fraction of sp³-hybridized carbons (Fsp3) is 0.526. The number of piperazine rings is 1. The van der Waals surface area contributed by atoms with Gasteiger partial charge in [0, 0.05) is 46.1 Å². The van der Waals surface area contributed by atoms with E-state index in [1.807, 2.05) is 4.90 Å². The van der Waals surface area contributed by atoms with Gasteiger partial charge in [0.2, 0.25) is 11.8 Å². The predicted octanol–water partition coefficient (Wildman–Crippen LogP) is 1.87. The molecule has 1 aromatic rings. The number of amides is 2. The van der Waals surface area contributed by atoms with Gasteiger partial charge in [-0.15, -0.1) is 0 Å². The highest BCUT2D eigenvalue weighted by Crippen LogP contribution is 2.23. The van der Waals surface area contributed by atoms with E-state index in [1.165, 1.54) is 0 Å². The molecule has 2 aliphatic rings. The highest BCUT2D eigenvalue weighted by Gasteiger charge is 2.34. The van der Waals surface area contributed by atoms with Crippen molar-refractivity contribution in [1.29, 1.82) is 0 Å². The second kappa shape index (κ2) is 8.59. The Bertz CT molecular complexity index is 756. The van der Waals surface area contributed by atoms with Crippen LogP contribution in [0, 0.1) is 0 Å². The van der Waals surface area contributed by atoms with E-state index in [9.17, 15) is 14.4 Å². The number of carbonyl (C=O) groups excluding carboxylic acids is 3. The molecule has 0 spiro atoms. The Balaban J connectivity index is 1.71. The summed E-state index contributed by atoms with van der Waals surface area (Å²) in [6.07, 6.45) is 0.784. The molecule has 0 N–H and O–H groups in total. The molecule has 6 nitrogen and oxygen atoms in total. The SMILES string of the molecule is CC(=O)N1CCN(C(=O)Cc2ccc(Cl)c(Cl)c2)C(CN2CCC(=O)C2)C1. The van der Waals surface area contributed by atoms with Crippen LogP contribution in [0.15, 0.2) is 18.2 Å². The topological polar surface area (TPSA) is 60.9 Å². The van der Waals surface area contributed by atoms with Gasteiger partial charge in [-0.05, 0) is 17.7 Å². The van der Waals surface area contributed by atoms with E-state index in [0.717, 1.165) is 5.56 Å². The zero-order valence-electron chi connectivity index (χ0n) is 15.3. The van der Waals surface area contributed by atoms with Crippen molar-refractivity contribution in [2.24, 2.45) is 0 Å². The van der Waals surface area contributed by atoms with E-state index in [0.29, 0.717) is 55.7 Å². The minimum absolute atomic E-state index is 0.00730. The molecule has 27 heavy (non-hydrogen) atoms. The lowest BCUT2D eigenvalue weighted by Crippen LogP contribution is -2.59. The van der Waals surface area contributed by atoms with Gasteiger partial charge in [-0.25, -0.2) is 0 Å². The molecule has 1 atom stereocenters. The third kappa shape index (κ3) is 5.00. The summed E-state index contributed by atoms with van der Waals surface area (Å²) in [5, 5.41) is 0.884. The van der Waals surface area contributed by atoms with Crippen LogP contribution in [-0.4, -0.2) is 77.6 Å². The van der Waals surface area contributed by atoms with Crippen molar-refractivity contribution in [3.8, 4) is 0 Å². The zero-order chi connectivity index (χ0) is 19.6. The Labute approximate surface area is 169 Å². The monoisotopic (exact) mass is 411 g/mol. The van der Waals surface area contributed by atoms with Crippen molar-refractivity contribution < 1.29 is 14.4 Å². The van der Waals surface area contributed by atoms with Gasteiger partial charge >= 0.3 is 0 Å². The summed E-state index contributed by atoms with van der Waals surface area (Å²) in [6.45, 7) is 4.79. The first-order chi connectivity index (χ1) is 12.8. The third-order valence-electron chi connectivity index (χ3n) is 5.16. The normalized spacial score (nSPS) is 21.0. The molecule has 0 radical (unpaired) electrons. The van der Waals surface area contributed by atoms with Crippen molar-refractivity contribution in [2.45, 2.75) is 25.8 Å². The summed E-state index contributed by atoms with van der Waals surface area (Å²) < 4.78 is 0. The highest BCUT2D eigenvalue weighted by molar-refractivity contribution is 6.42. The summed E-state index contributed by atoms with van der Waals surface area (Å²) >= 11 is 12.0. The highest BCUT2D eigenvalue weighted by atomic mass is 35.5. The van der Waals surface area contributed by atoms with Crippen molar-refractivity contribution in [2.75, 3.05) is 39.3 Å². The number of hydrogen-bond donors (Lipinski definition) is 0. The van der Waals surface area contributed by atoms with Crippen LogP contribution in [-0.2, 0) is 20.8 Å². The Morgan fingerprint density at radius 3 is 2.56 bits per heavy atom. The third-order valence-corrected chi connectivity index (χ3v) is 5.90. The van der Waals surface area contributed by atoms with Gasteiger partial charge < -0.3 is 9.80 Å². The van der Waals surface area contributed by atoms with Gasteiger partial charge in [0.25, 0.3) is 0 Å². The zero-order valence-corrected chi connectivity index (χ0v) is 16.8. The molecule has 0 saturated carbocycles. The van der Waals surface area contributed by atoms with Crippen LogP contribution in [0.3, 0.4) is 0 Å². The molecule has 1 unspecified atom stereocenters. The maximum absolute atomic E-state index is 12.9. The van der Waals surface area contributed by atoms with Gasteiger partial charge in [0.05, 0.1) is 29.1 Å². The van der Waals surface area contributed by atoms with Crippen molar-refractivity contribution in [3.05, 3.63) is 33.8 Å². The van der Waals surface area contributed by atoms with E-state index >= 15 is 0 Å². The summed E-state index contributed by atoms with van der Waals surface area (Å²) in [5.74, 6) is 0.226. The van der Waals surface area contributed by atoms with Crippen LogP contribution < -0.4 is 0 Å². The molecule has 2 saturated heterocycles. The number of hydrogen-bond acceptors (Lipinski definition) is 4. The Kier molecular flexibility index (Phi) is 6.40. The number of Topliss-reactive ketones (excluding diaryl/α,β-unsaturated/α-hetero) is 1. The number of halogens is 2. The minimum Gasteiger partial charge on any atom is -0.339 e. The maximum atomic E-state index is 12.9. The van der Waals surface area contributed by atoms with Gasteiger partial charge in [-0.2, -0.15) is 0 Å². The first kappa shape index (κ1) is 20.1. The molecule has 8 heteroatoms. The van der Waals surface area contributed by atoms with E-state index in [2.05, 4.69) is 4.90 Å². The Morgan fingerprint density at radius 1 is 1.15 bits per heavy atom. The lowest BCUT2D eigenvalue weighted by Gasteiger charge is -2.42. The molecule has 1 aromatic carbocycles. The van der Waals surface area contributed by atoms with Gasteiger partial charge in [0.15, 0.2) is 0 Å². The molecule has 2 heterocycles. The summed E-state index contributed by atoms with van der Waals surface area (Å²) in [5.41, 5.74) is 0.804. The number of likely N-dealkylation sites (tertiary alicyclic amines) is 1. The van der Waals surface area contributed by atoms with E-state index < -0.39 is 0 Å². The van der Waals surface area contributed by atoms with Crippen LogP contribution in [0.2, 0.25) is 10.0 Å². The molecule has 146 valence electrons. The van der Waals surface area contributed by atoms with Crippen LogP contribution in [0.4, 0.5) is 0 Å². The van der Waals surface area contributed by atoms with E-state index in [1.54, 1.807) is 30.0 Å². The predicted molar refractivity (Wildman–Crippen MR) is 104 cm³/mol.